The van der Waals surface area contributed by atoms with E-state index >= 15 is 0 Å². The summed E-state index contributed by atoms with van der Waals surface area (Å²) < 4.78 is 1.73. The van der Waals surface area contributed by atoms with Crippen LogP contribution in [-0.4, -0.2) is 38.5 Å². The molecule has 18 heavy (non-hydrogen) atoms. The minimum Gasteiger partial charge on any atom is -0.479 e. The van der Waals surface area contributed by atoms with Crippen LogP contribution in [0.2, 0.25) is 0 Å². The number of carboxylic acids is 1. The maximum absolute atomic E-state index is 12.4. The molecule has 5 nitrogen and oxygen atoms in total. The number of nitrogens with zero attached hydrogens (tertiary/aromatic N) is 2. The van der Waals surface area contributed by atoms with Crippen LogP contribution in [0.25, 0.3) is 0 Å². The number of aromatic nitrogens is 1. The lowest BCUT2D eigenvalue weighted by atomic mass is 9.93. The molecule has 0 aromatic carbocycles. The van der Waals surface area contributed by atoms with Gasteiger partial charge in [-0.3, -0.25) is 4.79 Å². The van der Waals surface area contributed by atoms with E-state index < -0.39 is 11.5 Å². The average molecular weight is 250 g/mol. The minimum absolute atomic E-state index is 0.191. The van der Waals surface area contributed by atoms with E-state index in [1.807, 2.05) is 6.92 Å². The van der Waals surface area contributed by atoms with E-state index in [9.17, 15) is 14.7 Å². The van der Waals surface area contributed by atoms with Crippen molar-refractivity contribution in [1.29, 1.82) is 0 Å². The predicted molar refractivity (Wildman–Crippen MR) is 66.3 cm³/mol. The van der Waals surface area contributed by atoms with Crippen LogP contribution < -0.4 is 0 Å². The zero-order valence-corrected chi connectivity index (χ0v) is 10.7. The lowest BCUT2D eigenvalue weighted by Gasteiger charge is -2.33. The summed E-state index contributed by atoms with van der Waals surface area (Å²) in [4.78, 5) is 25.5. The molecule has 1 unspecified atom stereocenters. The van der Waals surface area contributed by atoms with Gasteiger partial charge in [0.2, 0.25) is 0 Å². The molecule has 1 aromatic heterocycles. The van der Waals surface area contributed by atoms with Gasteiger partial charge in [0, 0.05) is 19.8 Å². The molecule has 1 aliphatic heterocycles. The third-order valence-electron chi connectivity index (χ3n) is 3.88. The summed E-state index contributed by atoms with van der Waals surface area (Å²) in [5.41, 5.74) is -0.488. The van der Waals surface area contributed by atoms with Crippen molar-refractivity contribution in [2.75, 3.05) is 6.54 Å². The molecule has 1 N–H and O–H groups in total. The zero-order chi connectivity index (χ0) is 13.3. The second-order valence-corrected chi connectivity index (χ2v) is 4.75. The summed E-state index contributed by atoms with van der Waals surface area (Å²) in [6.07, 6.45) is 3.52. The minimum atomic E-state index is -1.03. The van der Waals surface area contributed by atoms with E-state index in [2.05, 4.69) is 0 Å². The summed E-state index contributed by atoms with van der Waals surface area (Å²) in [5.74, 6) is -1.09. The normalized spacial score (nSPS) is 23.3. The van der Waals surface area contributed by atoms with E-state index in [0.717, 1.165) is 6.42 Å². The SMILES string of the molecule is CCC1(C(=O)O)CCCN1C(=O)c1cccn1C. The molecular formula is C13H18N2O3. The number of hydrogen-bond acceptors (Lipinski definition) is 2. The molecule has 1 aromatic rings. The van der Waals surface area contributed by atoms with Crippen LogP contribution in [0.5, 0.6) is 0 Å². The molecule has 1 atom stereocenters. The molecule has 1 amide bonds. The molecule has 0 spiro atoms. The van der Waals surface area contributed by atoms with Crippen molar-refractivity contribution in [3.8, 4) is 0 Å². The Balaban J connectivity index is 2.35. The van der Waals surface area contributed by atoms with E-state index in [0.29, 0.717) is 25.1 Å². The van der Waals surface area contributed by atoms with Crippen molar-refractivity contribution in [2.24, 2.45) is 7.05 Å². The molecule has 0 radical (unpaired) electrons. The monoisotopic (exact) mass is 250 g/mol. The highest BCUT2D eigenvalue weighted by atomic mass is 16.4. The summed E-state index contributed by atoms with van der Waals surface area (Å²) >= 11 is 0. The average Bonchev–Trinajstić information content (AvgIpc) is 2.94. The molecule has 0 saturated carbocycles. The Morgan fingerprint density at radius 3 is 2.72 bits per heavy atom. The highest BCUT2D eigenvalue weighted by Gasteiger charge is 2.48. The summed E-state index contributed by atoms with van der Waals surface area (Å²) in [6.45, 7) is 2.34. The van der Waals surface area contributed by atoms with Crippen LogP contribution in [0.15, 0.2) is 18.3 Å². The summed E-state index contributed by atoms with van der Waals surface area (Å²) in [5, 5.41) is 9.45. The first-order chi connectivity index (χ1) is 8.53. The first kappa shape index (κ1) is 12.7. The van der Waals surface area contributed by atoms with Gasteiger partial charge in [-0.15, -0.1) is 0 Å². The first-order valence-electron chi connectivity index (χ1n) is 6.19. The van der Waals surface area contributed by atoms with E-state index in [1.54, 1.807) is 29.9 Å². The fourth-order valence-electron chi connectivity index (χ4n) is 2.74. The number of likely N-dealkylation sites (tertiary alicyclic amines) is 1. The lowest BCUT2D eigenvalue weighted by molar-refractivity contribution is -0.148. The van der Waals surface area contributed by atoms with Gasteiger partial charge in [-0.1, -0.05) is 6.92 Å². The second-order valence-electron chi connectivity index (χ2n) is 4.75. The van der Waals surface area contributed by atoms with Crippen LogP contribution in [0.4, 0.5) is 0 Å². The number of hydrogen-bond donors (Lipinski definition) is 1. The number of carbonyl (C=O) groups excluding carboxylic acids is 1. The molecule has 1 fully saturated rings. The largest absolute Gasteiger partial charge is 0.479 e. The topological polar surface area (TPSA) is 62.5 Å². The number of aryl methyl sites for hydroxylation is 1. The van der Waals surface area contributed by atoms with Crippen molar-refractivity contribution in [1.82, 2.24) is 9.47 Å². The van der Waals surface area contributed by atoms with Crippen LogP contribution in [0, 0.1) is 0 Å². The van der Waals surface area contributed by atoms with Crippen LogP contribution in [0.3, 0.4) is 0 Å². The third kappa shape index (κ3) is 1.70. The number of rotatable bonds is 3. The van der Waals surface area contributed by atoms with Crippen molar-refractivity contribution >= 4 is 11.9 Å². The molecular weight excluding hydrogens is 232 g/mol. The number of aliphatic carboxylic acids is 1. The molecule has 98 valence electrons. The Morgan fingerprint density at radius 1 is 1.50 bits per heavy atom. The Hall–Kier alpha value is -1.78. The summed E-state index contributed by atoms with van der Waals surface area (Å²) in [7, 11) is 1.79. The Morgan fingerprint density at radius 2 is 2.22 bits per heavy atom. The van der Waals surface area contributed by atoms with E-state index in [4.69, 9.17) is 0 Å². The molecule has 5 heteroatoms. The predicted octanol–water partition coefficient (Wildman–Crippen LogP) is 1.49. The Labute approximate surface area is 106 Å². The third-order valence-corrected chi connectivity index (χ3v) is 3.88. The van der Waals surface area contributed by atoms with Crippen molar-refractivity contribution in [3.05, 3.63) is 24.0 Å². The quantitative estimate of drug-likeness (QED) is 0.884. The van der Waals surface area contributed by atoms with Gasteiger partial charge < -0.3 is 14.6 Å². The van der Waals surface area contributed by atoms with Gasteiger partial charge in [0.15, 0.2) is 0 Å². The van der Waals surface area contributed by atoms with Crippen molar-refractivity contribution in [2.45, 2.75) is 31.7 Å². The maximum Gasteiger partial charge on any atom is 0.329 e. The number of carboxylic acid groups (broad SMARTS) is 1. The van der Waals surface area contributed by atoms with E-state index in [1.165, 1.54) is 4.90 Å². The smallest absolute Gasteiger partial charge is 0.329 e. The van der Waals surface area contributed by atoms with Crippen LogP contribution in [0.1, 0.15) is 36.7 Å². The van der Waals surface area contributed by atoms with Crippen molar-refractivity contribution in [3.63, 3.8) is 0 Å². The van der Waals surface area contributed by atoms with Crippen LogP contribution in [-0.2, 0) is 11.8 Å². The summed E-state index contributed by atoms with van der Waals surface area (Å²) in [6, 6.07) is 3.51. The molecule has 0 aliphatic carbocycles. The standard InChI is InChI=1S/C13H18N2O3/c1-3-13(12(17)18)7-5-9-15(13)11(16)10-6-4-8-14(10)2/h4,6,8H,3,5,7,9H2,1-2H3,(H,17,18). The Kier molecular flexibility index (Phi) is 3.15. The molecule has 0 bridgehead atoms. The molecule has 1 saturated heterocycles. The van der Waals surface area contributed by atoms with Gasteiger partial charge in [0.25, 0.3) is 5.91 Å². The molecule has 2 heterocycles. The lowest BCUT2D eigenvalue weighted by Crippen LogP contribution is -2.53. The first-order valence-corrected chi connectivity index (χ1v) is 6.19. The highest BCUT2D eigenvalue weighted by Crippen LogP contribution is 2.34. The zero-order valence-electron chi connectivity index (χ0n) is 10.7. The second kappa shape index (κ2) is 4.48. The van der Waals surface area contributed by atoms with Gasteiger partial charge in [-0.25, -0.2) is 4.79 Å². The van der Waals surface area contributed by atoms with Crippen molar-refractivity contribution < 1.29 is 14.7 Å². The van der Waals surface area contributed by atoms with Gasteiger partial charge in [-0.2, -0.15) is 0 Å². The van der Waals surface area contributed by atoms with Gasteiger partial charge in [0.1, 0.15) is 11.2 Å². The van der Waals surface area contributed by atoms with Crippen LogP contribution >= 0.6 is 0 Å². The van der Waals surface area contributed by atoms with Gasteiger partial charge in [0.05, 0.1) is 0 Å². The number of amides is 1. The highest BCUT2D eigenvalue weighted by molar-refractivity contribution is 5.97. The number of carbonyl (C=O) groups is 2. The van der Waals surface area contributed by atoms with Gasteiger partial charge in [-0.05, 0) is 31.4 Å². The fourth-order valence-corrected chi connectivity index (χ4v) is 2.74. The fraction of sp³-hybridized carbons (Fsp3) is 0.538. The maximum atomic E-state index is 12.4. The molecule has 2 rings (SSSR count). The van der Waals surface area contributed by atoms with Gasteiger partial charge >= 0.3 is 5.97 Å². The Bertz CT molecular complexity index is 480. The molecule has 1 aliphatic rings. The van der Waals surface area contributed by atoms with E-state index in [-0.39, 0.29) is 5.91 Å².